The highest BCUT2D eigenvalue weighted by atomic mass is 16.7. The normalized spacial score (nSPS) is 17.2. The second-order valence-electron chi connectivity index (χ2n) is 6.90. The van der Waals surface area contributed by atoms with E-state index in [1.54, 1.807) is 4.90 Å². The summed E-state index contributed by atoms with van der Waals surface area (Å²) in [6.07, 6.45) is 0.616. The SMILES string of the molecule is CCc1ccc(N2C(=O)c3ccccc3N[C@@H]2c2ccc3c(c2)OCO3)cc1. The van der Waals surface area contributed by atoms with Gasteiger partial charge in [0.2, 0.25) is 6.79 Å². The summed E-state index contributed by atoms with van der Waals surface area (Å²) in [6, 6.07) is 21.6. The van der Waals surface area contributed by atoms with Gasteiger partial charge in [-0.25, -0.2) is 0 Å². The molecule has 2 aliphatic heterocycles. The Morgan fingerprint density at radius 2 is 1.79 bits per heavy atom. The van der Waals surface area contributed by atoms with Crippen molar-refractivity contribution >= 4 is 17.3 Å². The third-order valence-electron chi connectivity index (χ3n) is 5.26. The minimum Gasteiger partial charge on any atom is -0.454 e. The standard InChI is InChI=1S/C23H20N2O3/c1-2-15-7-10-17(11-8-15)25-22(16-9-12-20-21(13-16)28-14-27-20)24-19-6-4-3-5-18(19)23(25)26/h3-13,22,24H,2,14H2,1H3/t22-/m0/s1. The molecule has 0 fully saturated rings. The number of anilines is 2. The van der Waals surface area contributed by atoms with Crippen LogP contribution in [0.1, 0.15) is 34.6 Å². The zero-order chi connectivity index (χ0) is 19.1. The molecule has 0 aliphatic carbocycles. The first-order valence-electron chi connectivity index (χ1n) is 9.42. The molecule has 3 aromatic carbocycles. The maximum atomic E-state index is 13.4. The Morgan fingerprint density at radius 3 is 2.61 bits per heavy atom. The van der Waals surface area contributed by atoms with E-state index in [1.807, 2.05) is 54.6 Å². The molecule has 1 N–H and O–H groups in total. The highest BCUT2D eigenvalue weighted by molar-refractivity contribution is 6.12. The van der Waals surface area contributed by atoms with E-state index in [0.717, 1.165) is 29.1 Å². The van der Waals surface area contributed by atoms with Crippen LogP contribution < -0.4 is 19.7 Å². The molecule has 5 rings (SSSR count). The van der Waals surface area contributed by atoms with E-state index in [2.05, 4.69) is 24.4 Å². The molecule has 0 saturated carbocycles. The summed E-state index contributed by atoms with van der Waals surface area (Å²) in [6.45, 7) is 2.34. The molecule has 0 bridgehead atoms. The van der Waals surface area contributed by atoms with Crippen LogP contribution in [0.2, 0.25) is 0 Å². The summed E-state index contributed by atoms with van der Waals surface area (Å²) in [5.41, 5.74) is 4.52. The number of hydrogen-bond acceptors (Lipinski definition) is 4. The summed E-state index contributed by atoms with van der Waals surface area (Å²) in [5.74, 6) is 1.40. The van der Waals surface area contributed by atoms with Crippen molar-refractivity contribution in [3.8, 4) is 11.5 Å². The number of ether oxygens (including phenoxy) is 2. The fraction of sp³-hybridized carbons (Fsp3) is 0.174. The van der Waals surface area contributed by atoms with Crippen molar-refractivity contribution in [2.45, 2.75) is 19.5 Å². The average Bonchev–Trinajstić information content (AvgIpc) is 3.22. The molecule has 0 radical (unpaired) electrons. The van der Waals surface area contributed by atoms with Crippen LogP contribution in [0.4, 0.5) is 11.4 Å². The predicted molar refractivity (Wildman–Crippen MR) is 108 cm³/mol. The van der Waals surface area contributed by atoms with Crippen LogP contribution in [0.25, 0.3) is 0 Å². The lowest BCUT2D eigenvalue weighted by Crippen LogP contribution is -2.43. The Balaban J connectivity index is 1.62. The van der Waals surface area contributed by atoms with Gasteiger partial charge in [0.25, 0.3) is 5.91 Å². The molecule has 5 nitrogen and oxygen atoms in total. The van der Waals surface area contributed by atoms with Crippen LogP contribution in [0.5, 0.6) is 11.5 Å². The first-order valence-corrected chi connectivity index (χ1v) is 9.42. The smallest absolute Gasteiger partial charge is 0.262 e. The molecule has 140 valence electrons. The number of aryl methyl sites for hydroxylation is 1. The van der Waals surface area contributed by atoms with Gasteiger partial charge in [-0.2, -0.15) is 0 Å². The molecule has 5 heteroatoms. The van der Waals surface area contributed by atoms with Gasteiger partial charge in [0.1, 0.15) is 6.17 Å². The van der Waals surface area contributed by atoms with Crippen molar-refractivity contribution < 1.29 is 14.3 Å². The van der Waals surface area contributed by atoms with Crippen molar-refractivity contribution in [3.63, 3.8) is 0 Å². The lowest BCUT2D eigenvalue weighted by molar-refractivity contribution is 0.0975. The van der Waals surface area contributed by atoms with Gasteiger partial charge in [-0.3, -0.25) is 9.69 Å². The topological polar surface area (TPSA) is 50.8 Å². The number of fused-ring (bicyclic) bond motifs is 2. The third kappa shape index (κ3) is 2.67. The molecule has 0 aromatic heterocycles. The van der Waals surface area contributed by atoms with Crippen molar-refractivity contribution in [2.75, 3.05) is 17.0 Å². The summed E-state index contributed by atoms with van der Waals surface area (Å²) in [5, 5.41) is 3.52. The first-order chi connectivity index (χ1) is 13.7. The molecular formula is C23H20N2O3. The fourth-order valence-electron chi connectivity index (χ4n) is 3.73. The fourth-order valence-corrected chi connectivity index (χ4v) is 3.73. The van der Waals surface area contributed by atoms with Crippen LogP contribution in [0, 0.1) is 0 Å². The molecule has 2 aliphatic rings. The van der Waals surface area contributed by atoms with Crippen LogP contribution in [0.15, 0.2) is 66.7 Å². The minimum atomic E-state index is -0.343. The number of carbonyl (C=O) groups excluding carboxylic acids is 1. The molecule has 3 aromatic rings. The van der Waals surface area contributed by atoms with E-state index >= 15 is 0 Å². The molecule has 28 heavy (non-hydrogen) atoms. The lowest BCUT2D eigenvalue weighted by atomic mass is 10.0. The highest BCUT2D eigenvalue weighted by Crippen LogP contribution is 2.40. The second kappa shape index (κ2) is 6.60. The summed E-state index contributed by atoms with van der Waals surface area (Å²) >= 11 is 0. The molecule has 1 atom stereocenters. The Labute approximate surface area is 163 Å². The molecular weight excluding hydrogens is 352 g/mol. The van der Waals surface area contributed by atoms with E-state index in [1.165, 1.54) is 5.56 Å². The van der Waals surface area contributed by atoms with Gasteiger partial charge in [0, 0.05) is 11.4 Å². The van der Waals surface area contributed by atoms with Gasteiger partial charge in [-0.1, -0.05) is 37.3 Å². The molecule has 0 saturated heterocycles. The van der Waals surface area contributed by atoms with Gasteiger partial charge in [0.05, 0.1) is 5.56 Å². The quantitative estimate of drug-likeness (QED) is 0.721. The van der Waals surface area contributed by atoms with E-state index in [0.29, 0.717) is 11.3 Å². The van der Waals surface area contributed by atoms with Crippen molar-refractivity contribution in [1.82, 2.24) is 0 Å². The Morgan fingerprint density at radius 1 is 1.00 bits per heavy atom. The first kappa shape index (κ1) is 16.7. The zero-order valence-electron chi connectivity index (χ0n) is 15.5. The van der Waals surface area contributed by atoms with E-state index in [-0.39, 0.29) is 18.9 Å². The van der Waals surface area contributed by atoms with E-state index in [4.69, 9.17) is 9.47 Å². The summed E-state index contributed by atoms with van der Waals surface area (Å²) < 4.78 is 11.0. The van der Waals surface area contributed by atoms with Gasteiger partial charge < -0.3 is 14.8 Å². The third-order valence-corrected chi connectivity index (χ3v) is 5.26. The van der Waals surface area contributed by atoms with Crippen LogP contribution in [-0.2, 0) is 6.42 Å². The second-order valence-corrected chi connectivity index (χ2v) is 6.90. The number of carbonyl (C=O) groups is 1. The number of nitrogens with zero attached hydrogens (tertiary/aromatic N) is 1. The van der Waals surface area contributed by atoms with Crippen molar-refractivity contribution in [2.24, 2.45) is 0 Å². The maximum Gasteiger partial charge on any atom is 0.262 e. The van der Waals surface area contributed by atoms with Crippen LogP contribution in [0.3, 0.4) is 0 Å². The van der Waals surface area contributed by atoms with Crippen molar-refractivity contribution in [1.29, 1.82) is 0 Å². The molecule has 1 amide bonds. The summed E-state index contributed by atoms with van der Waals surface area (Å²) in [4.78, 5) is 15.2. The number of rotatable bonds is 3. The van der Waals surface area contributed by atoms with E-state index in [9.17, 15) is 4.79 Å². The van der Waals surface area contributed by atoms with Crippen molar-refractivity contribution in [3.05, 3.63) is 83.4 Å². The molecule has 2 heterocycles. The number of nitrogens with one attached hydrogen (secondary N) is 1. The monoisotopic (exact) mass is 372 g/mol. The minimum absolute atomic E-state index is 0.0266. The number of hydrogen-bond donors (Lipinski definition) is 1. The van der Waals surface area contributed by atoms with Crippen LogP contribution in [-0.4, -0.2) is 12.7 Å². The molecule has 0 unspecified atom stereocenters. The van der Waals surface area contributed by atoms with Gasteiger partial charge in [-0.05, 0) is 53.9 Å². The Bertz CT molecular complexity index is 1050. The average molecular weight is 372 g/mol. The Kier molecular flexibility index (Phi) is 3.93. The van der Waals surface area contributed by atoms with Gasteiger partial charge in [-0.15, -0.1) is 0 Å². The Hall–Kier alpha value is -3.47. The number of amides is 1. The lowest BCUT2D eigenvalue weighted by Gasteiger charge is -2.38. The number of para-hydroxylation sites is 1. The van der Waals surface area contributed by atoms with E-state index < -0.39 is 0 Å². The van der Waals surface area contributed by atoms with Gasteiger partial charge >= 0.3 is 0 Å². The van der Waals surface area contributed by atoms with Crippen LogP contribution >= 0.6 is 0 Å². The van der Waals surface area contributed by atoms with Gasteiger partial charge in [0.15, 0.2) is 11.5 Å². The highest BCUT2D eigenvalue weighted by Gasteiger charge is 2.34. The maximum absolute atomic E-state index is 13.4. The predicted octanol–water partition coefficient (Wildman–Crippen LogP) is 4.75. The molecule has 0 spiro atoms. The zero-order valence-corrected chi connectivity index (χ0v) is 15.5. The summed E-state index contributed by atoms with van der Waals surface area (Å²) in [7, 11) is 0. The number of benzene rings is 3. The largest absolute Gasteiger partial charge is 0.454 e.